The van der Waals surface area contributed by atoms with Crippen LogP contribution in [0.25, 0.3) is 10.9 Å². The van der Waals surface area contributed by atoms with Crippen molar-refractivity contribution in [3.63, 3.8) is 0 Å². The van der Waals surface area contributed by atoms with E-state index in [1.807, 2.05) is 29.2 Å². The zero-order chi connectivity index (χ0) is 14.3. The van der Waals surface area contributed by atoms with E-state index in [4.69, 9.17) is 11.6 Å². The molecule has 1 aliphatic heterocycles. The maximum absolute atomic E-state index is 12.6. The Morgan fingerprint density at radius 3 is 2.80 bits per heavy atom. The van der Waals surface area contributed by atoms with Crippen LogP contribution in [0.2, 0.25) is 5.02 Å². The Kier molecular flexibility index (Phi) is 3.44. The third-order valence-corrected chi connectivity index (χ3v) is 4.43. The average molecular weight is 292 g/mol. The second-order valence-corrected chi connectivity index (χ2v) is 5.89. The standard InChI is InChI=1S/C15H18ClN3O/c1-18(2)10-7-8-19(9-10)15(20)14-13(16)11-5-3-4-6-12(11)17-14/h3-6,10,17H,7-9H2,1-2H3/t10-/m0/s1. The van der Waals surface area contributed by atoms with Gasteiger partial charge in [0.1, 0.15) is 5.69 Å². The van der Waals surface area contributed by atoms with E-state index >= 15 is 0 Å². The van der Waals surface area contributed by atoms with Crippen LogP contribution in [-0.4, -0.2) is 53.9 Å². The summed E-state index contributed by atoms with van der Waals surface area (Å²) < 4.78 is 0. The Morgan fingerprint density at radius 1 is 1.40 bits per heavy atom. The fraction of sp³-hybridized carbons (Fsp3) is 0.400. The monoisotopic (exact) mass is 291 g/mol. The molecule has 1 aromatic heterocycles. The van der Waals surface area contributed by atoms with Crippen molar-refractivity contribution in [3.05, 3.63) is 35.0 Å². The largest absolute Gasteiger partial charge is 0.349 e. The molecule has 5 heteroatoms. The number of fused-ring (bicyclic) bond motifs is 1. The number of aromatic amines is 1. The number of hydrogen-bond donors (Lipinski definition) is 1. The first-order valence-corrected chi connectivity index (χ1v) is 7.17. The molecule has 20 heavy (non-hydrogen) atoms. The molecule has 106 valence electrons. The minimum absolute atomic E-state index is 0.00412. The summed E-state index contributed by atoms with van der Waals surface area (Å²) in [6.45, 7) is 1.55. The number of likely N-dealkylation sites (N-methyl/N-ethyl adjacent to an activating group) is 1. The lowest BCUT2D eigenvalue weighted by Gasteiger charge is -2.20. The van der Waals surface area contributed by atoms with E-state index in [0.29, 0.717) is 16.8 Å². The highest BCUT2D eigenvalue weighted by molar-refractivity contribution is 6.38. The van der Waals surface area contributed by atoms with Gasteiger partial charge in [-0.2, -0.15) is 0 Å². The molecule has 0 spiro atoms. The number of hydrogen-bond acceptors (Lipinski definition) is 2. The predicted molar refractivity (Wildman–Crippen MR) is 81.3 cm³/mol. The van der Waals surface area contributed by atoms with Gasteiger partial charge in [0.2, 0.25) is 0 Å². The maximum Gasteiger partial charge on any atom is 0.271 e. The van der Waals surface area contributed by atoms with Gasteiger partial charge in [-0.3, -0.25) is 4.79 Å². The zero-order valence-electron chi connectivity index (χ0n) is 11.7. The molecule has 0 bridgehead atoms. The average Bonchev–Trinajstić information content (AvgIpc) is 3.04. The molecule has 1 amide bonds. The highest BCUT2D eigenvalue weighted by atomic mass is 35.5. The summed E-state index contributed by atoms with van der Waals surface area (Å²) in [5.41, 5.74) is 1.41. The number of amides is 1. The van der Waals surface area contributed by atoms with Crippen molar-refractivity contribution in [1.29, 1.82) is 0 Å². The van der Waals surface area contributed by atoms with Gasteiger partial charge >= 0.3 is 0 Å². The molecule has 2 heterocycles. The van der Waals surface area contributed by atoms with Gasteiger partial charge in [-0.05, 0) is 26.6 Å². The van der Waals surface area contributed by atoms with E-state index in [1.165, 1.54) is 0 Å². The summed E-state index contributed by atoms with van der Waals surface area (Å²) >= 11 is 6.34. The number of H-pyrrole nitrogens is 1. The molecule has 1 aliphatic rings. The number of benzene rings is 1. The molecule has 1 N–H and O–H groups in total. The number of carbonyl (C=O) groups excluding carboxylic acids is 1. The molecule has 1 saturated heterocycles. The van der Waals surface area contributed by atoms with Crippen LogP contribution in [0.15, 0.2) is 24.3 Å². The van der Waals surface area contributed by atoms with E-state index in [2.05, 4.69) is 24.0 Å². The van der Waals surface area contributed by atoms with Crippen molar-refractivity contribution < 1.29 is 4.79 Å². The minimum Gasteiger partial charge on any atom is -0.349 e. The first kappa shape index (κ1) is 13.5. The summed E-state index contributed by atoms with van der Waals surface area (Å²) in [6, 6.07) is 8.15. The molecular formula is C15H18ClN3O. The van der Waals surface area contributed by atoms with E-state index in [0.717, 1.165) is 30.4 Å². The normalized spacial score (nSPS) is 19.2. The van der Waals surface area contributed by atoms with Crippen molar-refractivity contribution in [3.8, 4) is 0 Å². The van der Waals surface area contributed by atoms with Gasteiger partial charge in [0, 0.05) is 30.0 Å². The van der Waals surface area contributed by atoms with Gasteiger partial charge in [-0.25, -0.2) is 0 Å². The predicted octanol–water partition coefficient (Wildman–Crippen LogP) is 2.60. The Hall–Kier alpha value is -1.52. The lowest BCUT2D eigenvalue weighted by atomic mass is 10.2. The van der Waals surface area contributed by atoms with Crippen LogP contribution in [0.3, 0.4) is 0 Å². The molecule has 4 nitrogen and oxygen atoms in total. The van der Waals surface area contributed by atoms with Gasteiger partial charge < -0.3 is 14.8 Å². The van der Waals surface area contributed by atoms with Crippen molar-refractivity contribution in [2.75, 3.05) is 27.2 Å². The molecule has 1 fully saturated rings. The number of para-hydroxylation sites is 1. The number of nitrogens with one attached hydrogen (secondary N) is 1. The number of carbonyl (C=O) groups is 1. The zero-order valence-corrected chi connectivity index (χ0v) is 12.4. The van der Waals surface area contributed by atoms with Crippen LogP contribution in [0.4, 0.5) is 0 Å². The third kappa shape index (κ3) is 2.19. The van der Waals surface area contributed by atoms with Crippen LogP contribution >= 0.6 is 11.6 Å². The quantitative estimate of drug-likeness (QED) is 0.924. The molecule has 0 saturated carbocycles. The van der Waals surface area contributed by atoms with Gasteiger partial charge in [0.05, 0.1) is 5.02 Å². The Bertz CT molecular complexity index is 650. The van der Waals surface area contributed by atoms with E-state index < -0.39 is 0 Å². The molecule has 0 radical (unpaired) electrons. The van der Waals surface area contributed by atoms with Crippen molar-refractivity contribution in [2.45, 2.75) is 12.5 Å². The van der Waals surface area contributed by atoms with Crippen molar-refractivity contribution in [1.82, 2.24) is 14.8 Å². The van der Waals surface area contributed by atoms with Crippen LogP contribution in [0.1, 0.15) is 16.9 Å². The number of rotatable bonds is 2. The lowest BCUT2D eigenvalue weighted by molar-refractivity contribution is 0.0778. The molecule has 1 atom stereocenters. The number of nitrogens with zero attached hydrogens (tertiary/aromatic N) is 2. The first-order chi connectivity index (χ1) is 9.58. The summed E-state index contributed by atoms with van der Waals surface area (Å²) in [5, 5.41) is 1.43. The topological polar surface area (TPSA) is 39.3 Å². The Morgan fingerprint density at radius 2 is 2.15 bits per heavy atom. The summed E-state index contributed by atoms with van der Waals surface area (Å²) in [7, 11) is 4.10. The van der Waals surface area contributed by atoms with Crippen LogP contribution in [0, 0.1) is 0 Å². The van der Waals surface area contributed by atoms with Crippen LogP contribution < -0.4 is 0 Å². The SMILES string of the molecule is CN(C)[C@H]1CCN(C(=O)c2[nH]c3ccccc3c2Cl)C1. The molecule has 0 unspecified atom stereocenters. The first-order valence-electron chi connectivity index (χ1n) is 6.80. The van der Waals surface area contributed by atoms with Gasteiger partial charge in [0.25, 0.3) is 5.91 Å². The second-order valence-electron chi connectivity index (χ2n) is 5.52. The number of aromatic nitrogens is 1. The van der Waals surface area contributed by atoms with Gasteiger partial charge in [-0.1, -0.05) is 29.8 Å². The molecular weight excluding hydrogens is 274 g/mol. The Balaban J connectivity index is 1.88. The second kappa shape index (κ2) is 5.11. The van der Waals surface area contributed by atoms with Crippen molar-refractivity contribution >= 4 is 28.4 Å². The van der Waals surface area contributed by atoms with Crippen LogP contribution in [-0.2, 0) is 0 Å². The third-order valence-electron chi connectivity index (χ3n) is 4.04. The maximum atomic E-state index is 12.6. The summed E-state index contributed by atoms with van der Waals surface area (Å²) in [6.07, 6.45) is 1.01. The van der Waals surface area contributed by atoms with Gasteiger partial charge in [0.15, 0.2) is 0 Å². The fourth-order valence-corrected chi connectivity index (χ4v) is 3.05. The van der Waals surface area contributed by atoms with Crippen LogP contribution in [0.5, 0.6) is 0 Å². The van der Waals surface area contributed by atoms with E-state index in [-0.39, 0.29) is 5.91 Å². The molecule has 3 rings (SSSR count). The minimum atomic E-state index is -0.00412. The number of likely N-dealkylation sites (tertiary alicyclic amines) is 1. The highest BCUT2D eigenvalue weighted by Crippen LogP contribution is 2.29. The fourth-order valence-electron chi connectivity index (χ4n) is 2.76. The van der Waals surface area contributed by atoms with Crippen molar-refractivity contribution in [2.24, 2.45) is 0 Å². The lowest BCUT2D eigenvalue weighted by Crippen LogP contribution is -2.34. The molecule has 2 aromatic rings. The smallest absolute Gasteiger partial charge is 0.271 e. The Labute approximate surface area is 123 Å². The van der Waals surface area contributed by atoms with E-state index in [9.17, 15) is 4.79 Å². The van der Waals surface area contributed by atoms with E-state index in [1.54, 1.807) is 0 Å². The highest BCUT2D eigenvalue weighted by Gasteiger charge is 2.30. The summed E-state index contributed by atoms with van der Waals surface area (Å²) in [5.74, 6) is -0.00412. The summed E-state index contributed by atoms with van der Waals surface area (Å²) in [4.78, 5) is 19.8. The molecule has 0 aliphatic carbocycles. The molecule has 1 aromatic carbocycles. The van der Waals surface area contributed by atoms with Gasteiger partial charge in [-0.15, -0.1) is 0 Å². The number of halogens is 1.